The van der Waals surface area contributed by atoms with E-state index in [2.05, 4.69) is 64.5 Å². The van der Waals surface area contributed by atoms with Gasteiger partial charge in [-0.15, -0.1) is 0 Å². The number of aryl methyl sites for hydroxylation is 1. The van der Waals surface area contributed by atoms with Gasteiger partial charge >= 0.3 is 0 Å². The maximum atomic E-state index is 6.89. The van der Waals surface area contributed by atoms with E-state index in [0.29, 0.717) is 6.04 Å². The van der Waals surface area contributed by atoms with Crippen molar-refractivity contribution in [3.63, 3.8) is 0 Å². The Morgan fingerprint density at radius 3 is 2.45 bits per heavy atom. The van der Waals surface area contributed by atoms with Crippen LogP contribution in [0.3, 0.4) is 0 Å². The lowest BCUT2D eigenvalue weighted by Gasteiger charge is -2.52. The van der Waals surface area contributed by atoms with Crippen LogP contribution in [0.15, 0.2) is 71.8 Å². The third-order valence-corrected chi connectivity index (χ3v) is 8.98. The standard InChI is InChI=1S/C32H35N3O3/c1-36-30-15-14-23(20-31(30)37-2)26-21-28-25-11-5-6-13-29(25)38-32(35(28)33-26)16-18-34(19-17-32)27-12-7-9-22-8-3-4-10-24(22)27/h3-6,8,10-11,13-15,20,27-28H,7,9,12,16-19,21H2,1-2H3/t27-,28+/m1/s1. The van der Waals surface area contributed by atoms with Gasteiger partial charge in [-0.05, 0) is 54.7 Å². The van der Waals surface area contributed by atoms with Crippen LogP contribution in [0, 0.1) is 0 Å². The van der Waals surface area contributed by atoms with Crippen LogP contribution in [-0.2, 0) is 6.42 Å². The molecule has 7 rings (SSSR count). The molecule has 3 aromatic rings. The summed E-state index contributed by atoms with van der Waals surface area (Å²) in [7, 11) is 3.35. The Hall–Kier alpha value is -3.51. The number of para-hydroxylation sites is 1. The lowest BCUT2D eigenvalue weighted by molar-refractivity contribution is -0.153. The van der Waals surface area contributed by atoms with Crippen LogP contribution < -0.4 is 14.2 Å². The van der Waals surface area contributed by atoms with E-state index in [1.54, 1.807) is 14.2 Å². The average Bonchev–Trinajstić information content (AvgIpc) is 3.44. The third kappa shape index (κ3) is 3.77. The number of piperidine rings is 1. The minimum atomic E-state index is -0.429. The van der Waals surface area contributed by atoms with Crippen molar-refractivity contribution in [3.8, 4) is 17.2 Å². The molecule has 38 heavy (non-hydrogen) atoms. The minimum Gasteiger partial charge on any atom is -0.493 e. The first-order valence-corrected chi connectivity index (χ1v) is 13.9. The van der Waals surface area contributed by atoms with Crippen molar-refractivity contribution in [1.29, 1.82) is 0 Å². The van der Waals surface area contributed by atoms with E-state index in [-0.39, 0.29) is 6.04 Å². The highest BCUT2D eigenvalue weighted by Crippen LogP contribution is 2.51. The Bertz CT molecular complexity index is 1380. The van der Waals surface area contributed by atoms with Crippen molar-refractivity contribution >= 4 is 5.71 Å². The highest BCUT2D eigenvalue weighted by molar-refractivity contribution is 6.02. The van der Waals surface area contributed by atoms with Crippen molar-refractivity contribution < 1.29 is 14.2 Å². The van der Waals surface area contributed by atoms with E-state index in [0.717, 1.165) is 60.9 Å². The average molecular weight is 510 g/mol. The summed E-state index contributed by atoms with van der Waals surface area (Å²) in [5.41, 5.74) is 5.98. The normalized spacial score (nSPS) is 23.6. The molecular formula is C32H35N3O3. The van der Waals surface area contributed by atoms with Crippen LogP contribution in [0.1, 0.15) is 66.4 Å². The maximum Gasteiger partial charge on any atom is 0.200 e. The van der Waals surface area contributed by atoms with Crippen LogP contribution in [-0.4, -0.2) is 48.7 Å². The summed E-state index contributed by atoms with van der Waals surface area (Å²) >= 11 is 0. The van der Waals surface area contributed by atoms with Gasteiger partial charge in [0, 0.05) is 49.5 Å². The molecule has 0 amide bonds. The molecule has 6 heteroatoms. The molecule has 0 unspecified atom stereocenters. The van der Waals surface area contributed by atoms with Gasteiger partial charge in [0.05, 0.1) is 26.0 Å². The Morgan fingerprint density at radius 2 is 1.63 bits per heavy atom. The number of benzene rings is 3. The van der Waals surface area contributed by atoms with Gasteiger partial charge in [-0.25, -0.2) is 5.01 Å². The summed E-state index contributed by atoms with van der Waals surface area (Å²) in [5, 5.41) is 7.57. The van der Waals surface area contributed by atoms with Crippen LogP contribution in [0.4, 0.5) is 0 Å². The second-order valence-corrected chi connectivity index (χ2v) is 10.9. The molecule has 0 N–H and O–H groups in total. The van der Waals surface area contributed by atoms with Gasteiger partial charge in [0.1, 0.15) is 5.75 Å². The second-order valence-electron chi connectivity index (χ2n) is 10.9. The molecule has 0 aromatic heterocycles. The van der Waals surface area contributed by atoms with E-state index in [4.69, 9.17) is 19.3 Å². The first-order chi connectivity index (χ1) is 18.7. The van der Waals surface area contributed by atoms with Crippen LogP contribution in [0.5, 0.6) is 17.2 Å². The minimum absolute atomic E-state index is 0.171. The third-order valence-electron chi connectivity index (χ3n) is 8.98. The molecule has 3 heterocycles. The zero-order valence-corrected chi connectivity index (χ0v) is 22.2. The van der Waals surface area contributed by atoms with Crippen LogP contribution in [0.2, 0.25) is 0 Å². The molecule has 2 atom stereocenters. The molecular weight excluding hydrogens is 474 g/mol. The Kier molecular flexibility index (Phi) is 5.81. The predicted molar refractivity (Wildman–Crippen MR) is 148 cm³/mol. The summed E-state index contributed by atoms with van der Waals surface area (Å²) < 4.78 is 18.0. The van der Waals surface area contributed by atoms with Crippen molar-refractivity contribution in [1.82, 2.24) is 9.91 Å². The summed E-state index contributed by atoms with van der Waals surface area (Å²) in [6.07, 6.45) is 6.41. The van der Waals surface area contributed by atoms with Gasteiger partial charge in [0.15, 0.2) is 11.5 Å². The Labute approximate surface area is 224 Å². The zero-order valence-electron chi connectivity index (χ0n) is 22.2. The monoisotopic (exact) mass is 509 g/mol. The van der Waals surface area contributed by atoms with E-state index in [1.165, 1.54) is 36.0 Å². The number of ether oxygens (including phenoxy) is 3. The molecule has 0 radical (unpaired) electrons. The summed E-state index contributed by atoms with van der Waals surface area (Å²) in [6.45, 7) is 2.01. The maximum absolute atomic E-state index is 6.89. The van der Waals surface area contributed by atoms with Gasteiger partial charge < -0.3 is 14.2 Å². The Morgan fingerprint density at radius 1 is 0.868 bits per heavy atom. The zero-order chi connectivity index (χ0) is 25.7. The predicted octanol–water partition coefficient (Wildman–Crippen LogP) is 6.12. The van der Waals surface area contributed by atoms with Gasteiger partial charge in [0.25, 0.3) is 0 Å². The van der Waals surface area contributed by atoms with Crippen LogP contribution in [0.25, 0.3) is 0 Å². The number of methoxy groups -OCH3 is 2. The van der Waals surface area contributed by atoms with E-state index >= 15 is 0 Å². The Balaban J connectivity index is 1.20. The molecule has 3 aliphatic heterocycles. The number of hydrogen-bond acceptors (Lipinski definition) is 6. The quantitative estimate of drug-likeness (QED) is 0.424. The lowest BCUT2D eigenvalue weighted by Crippen LogP contribution is -2.59. The molecule has 196 valence electrons. The summed E-state index contributed by atoms with van der Waals surface area (Å²) in [4.78, 5) is 2.69. The van der Waals surface area contributed by atoms with E-state index in [9.17, 15) is 0 Å². The molecule has 1 fully saturated rings. The van der Waals surface area contributed by atoms with Gasteiger partial charge in [0.2, 0.25) is 5.72 Å². The highest BCUT2D eigenvalue weighted by atomic mass is 16.5. The fourth-order valence-electron chi connectivity index (χ4n) is 7.04. The molecule has 3 aromatic carbocycles. The fraction of sp³-hybridized carbons (Fsp3) is 0.406. The number of nitrogens with zero attached hydrogens (tertiary/aromatic N) is 3. The molecule has 4 aliphatic rings. The number of hydrazone groups is 1. The molecule has 6 nitrogen and oxygen atoms in total. The lowest BCUT2D eigenvalue weighted by atomic mass is 9.84. The second kappa shape index (κ2) is 9.35. The molecule has 1 saturated heterocycles. The first-order valence-electron chi connectivity index (χ1n) is 13.9. The SMILES string of the molecule is COc1ccc(C2=NN3[C@@H](C2)c2ccccc2OC32CCN([C@@H]3CCCc4ccccc43)CC2)cc1OC. The number of fused-ring (bicyclic) bond motifs is 5. The summed E-state index contributed by atoms with van der Waals surface area (Å²) in [6, 6.07) is 24.3. The molecule has 1 spiro atoms. The van der Waals surface area contributed by atoms with Gasteiger partial charge in [-0.3, -0.25) is 4.90 Å². The van der Waals surface area contributed by atoms with Crippen molar-refractivity contribution in [2.24, 2.45) is 5.10 Å². The molecule has 1 aliphatic carbocycles. The van der Waals surface area contributed by atoms with Crippen molar-refractivity contribution in [2.75, 3.05) is 27.3 Å². The smallest absolute Gasteiger partial charge is 0.200 e. The number of likely N-dealkylation sites (tertiary alicyclic amines) is 1. The first kappa shape index (κ1) is 23.6. The molecule has 0 bridgehead atoms. The van der Waals surface area contributed by atoms with E-state index in [1.807, 2.05) is 12.1 Å². The van der Waals surface area contributed by atoms with Gasteiger partial charge in [-0.1, -0.05) is 42.5 Å². The largest absolute Gasteiger partial charge is 0.493 e. The fourth-order valence-corrected chi connectivity index (χ4v) is 7.04. The van der Waals surface area contributed by atoms with Crippen molar-refractivity contribution in [3.05, 3.63) is 89.0 Å². The van der Waals surface area contributed by atoms with Crippen molar-refractivity contribution in [2.45, 2.75) is 56.3 Å². The number of hydrogen-bond donors (Lipinski definition) is 0. The number of rotatable bonds is 4. The highest BCUT2D eigenvalue weighted by Gasteiger charge is 2.52. The van der Waals surface area contributed by atoms with Gasteiger partial charge in [-0.2, -0.15) is 5.10 Å². The summed E-state index contributed by atoms with van der Waals surface area (Å²) in [5.74, 6) is 2.47. The van der Waals surface area contributed by atoms with E-state index < -0.39 is 5.72 Å². The molecule has 0 saturated carbocycles. The topological polar surface area (TPSA) is 46.5 Å². The van der Waals surface area contributed by atoms with Crippen LogP contribution >= 0.6 is 0 Å².